The van der Waals surface area contributed by atoms with Crippen molar-refractivity contribution in [3.63, 3.8) is 0 Å². The molecule has 0 saturated carbocycles. The normalized spacial score (nSPS) is 14.6. The quantitative estimate of drug-likeness (QED) is 0.466. The van der Waals surface area contributed by atoms with E-state index in [0.29, 0.717) is 0 Å². The third-order valence-corrected chi connectivity index (χ3v) is 5.94. The van der Waals surface area contributed by atoms with Crippen molar-refractivity contribution in [1.82, 2.24) is 10.4 Å². The van der Waals surface area contributed by atoms with Gasteiger partial charge in [-0.2, -0.15) is 0 Å². The Morgan fingerprint density at radius 2 is 1.59 bits per heavy atom. The predicted octanol–water partition coefficient (Wildman–Crippen LogP) is 4.71. The van der Waals surface area contributed by atoms with Gasteiger partial charge in [0.15, 0.2) is 0 Å². The number of aromatic carboxylic acids is 1. The molecule has 1 saturated heterocycles. The topological polar surface area (TPSA) is 98.7 Å². The van der Waals surface area contributed by atoms with Crippen LogP contribution in [0.5, 0.6) is 0 Å². The number of rotatable bonds is 6. The number of nitrogens with one attached hydrogen (secondary N) is 2. The van der Waals surface area contributed by atoms with Crippen LogP contribution in [0.15, 0.2) is 66.7 Å². The summed E-state index contributed by atoms with van der Waals surface area (Å²) in [6.45, 7) is 3.38. The summed E-state index contributed by atoms with van der Waals surface area (Å²) in [4.78, 5) is 37.1. The first-order valence-corrected chi connectivity index (χ1v) is 11.3. The summed E-state index contributed by atoms with van der Waals surface area (Å²) in [5.41, 5.74) is 4.75. The Morgan fingerprint density at radius 3 is 2.32 bits per heavy atom. The standard InChI is InChI=1S/C27H27N3O4/c1-18(20-10-9-19-7-3-4-8-21(19)16-20)15-25(31)28-24-17-22(11-12-23(24)27(33)34)26(32)29-30-13-5-2-6-14-30/h3-4,7-12,15-17H,2,5-6,13-14H2,1H3,(H,28,31)(H,29,32)(H,33,34). The van der Waals surface area contributed by atoms with Crippen molar-refractivity contribution >= 4 is 39.8 Å². The van der Waals surface area contributed by atoms with E-state index < -0.39 is 11.9 Å². The minimum atomic E-state index is -1.19. The molecule has 0 spiro atoms. The molecule has 0 aliphatic carbocycles. The predicted molar refractivity (Wildman–Crippen MR) is 133 cm³/mol. The molecular formula is C27H27N3O4. The highest BCUT2D eigenvalue weighted by atomic mass is 16.4. The van der Waals surface area contributed by atoms with Gasteiger partial charge in [-0.05, 0) is 65.9 Å². The largest absolute Gasteiger partial charge is 0.478 e. The molecule has 3 aromatic carbocycles. The number of hydrazine groups is 1. The average molecular weight is 458 g/mol. The van der Waals surface area contributed by atoms with E-state index in [1.54, 1.807) is 0 Å². The van der Waals surface area contributed by atoms with Crippen molar-refractivity contribution in [2.45, 2.75) is 26.2 Å². The lowest BCUT2D eigenvalue weighted by atomic mass is 10.0. The number of carbonyl (C=O) groups excluding carboxylic acids is 2. The molecule has 1 aliphatic heterocycles. The highest BCUT2D eigenvalue weighted by Gasteiger charge is 2.18. The van der Waals surface area contributed by atoms with Gasteiger partial charge in [-0.3, -0.25) is 15.0 Å². The molecule has 1 fully saturated rings. The fourth-order valence-corrected chi connectivity index (χ4v) is 4.07. The number of benzene rings is 3. The number of hydrogen-bond donors (Lipinski definition) is 3. The van der Waals surface area contributed by atoms with E-state index >= 15 is 0 Å². The third kappa shape index (κ3) is 5.50. The Bertz CT molecular complexity index is 1280. The summed E-state index contributed by atoms with van der Waals surface area (Å²) in [6, 6.07) is 18.1. The molecule has 1 aliphatic rings. The van der Waals surface area contributed by atoms with Gasteiger partial charge in [0.1, 0.15) is 0 Å². The van der Waals surface area contributed by atoms with Crippen LogP contribution in [-0.4, -0.2) is 41.0 Å². The average Bonchev–Trinajstić information content (AvgIpc) is 2.84. The molecule has 0 aromatic heterocycles. The molecule has 7 nitrogen and oxygen atoms in total. The fraction of sp³-hybridized carbons (Fsp3) is 0.222. The number of hydrogen-bond acceptors (Lipinski definition) is 4. The van der Waals surface area contributed by atoms with E-state index in [9.17, 15) is 19.5 Å². The van der Waals surface area contributed by atoms with Crippen LogP contribution in [0.4, 0.5) is 5.69 Å². The molecule has 0 atom stereocenters. The summed E-state index contributed by atoms with van der Waals surface area (Å²) in [7, 11) is 0. The Labute approximate surface area is 198 Å². The van der Waals surface area contributed by atoms with Crippen molar-refractivity contribution in [2.75, 3.05) is 18.4 Å². The van der Waals surface area contributed by atoms with Crippen molar-refractivity contribution in [1.29, 1.82) is 0 Å². The van der Waals surface area contributed by atoms with Crippen LogP contribution < -0.4 is 10.7 Å². The van der Waals surface area contributed by atoms with Gasteiger partial charge in [-0.25, -0.2) is 9.80 Å². The van der Waals surface area contributed by atoms with Gasteiger partial charge in [0.25, 0.3) is 5.91 Å². The molecule has 2 amide bonds. The first-order chi connectivity index (χ1) is 16.4. The van der Waals surface area contributed by atoms with Crippen LogP contribution >= 0.6 is 0 Å². The number of carboxylic acid groups (broad SMARTS) is 1. The Hall–Kier alpha value is -3.97. The molecule has 0 unspecified atom stereocenters. The van der Waals surface area contributed by atoms with Crippen LogP contribution in [0.3, 0.4) is 0 Å². The number of amides is 2. The van der Waals surface area contributed by atoms with E-state index in [1.807, 2.05) is 54.4 Å². The van der Waals surface area contributed by atoms with E-state index in [0.717, 1.165) is 54.3 Å². The molecule has 174 valence electrons. The molecule has 1 heterocycles. The summed E-state index contributed by atoms with van der Waals surface area (Å²) in [5, 5.41) is 16.2. The van der Waals surface area contributed by atoms with E-state index in [1.165, 1.54) is 24.3 Å². The van der Waals surface area contributed by atoms with Crippen molar-refractivity contribution in [2.24, 2.45) is 0 Å². The number of anilines is 1. The monoisotopic (exact) mass is 457 g/mol. The molecule has 0 bridgehead atoms. The van der Waals surface area contributed by atoms with Crippen LogP contribution in [0.2, 0.25) is 0 Å². The lowest BCUT2D eigenvalue weighted by molar-refractivity contribution is -0.111. The molecule has 7 heteroatoms. The minimum Gasteiger partial charge on any atom is -0.478 e. The lowest BCUT2D eigenvalue weighted by Gasteiger charge is -2.26. The molecule has 4 rings (SSSR count). The Balaban J connectivity index is 1.53. The molecule has 3 aromatic rings. The van der Waals surface area contributed by atoms with E-state index in [-0.39, 0.29) is 22.7 Å². The Kier molecular flexibility index (Phi) is 7.04. The third-order valence-electron chi connectivity index (χ3n) is 5.94. The first-order valence-electron chi connectivity index (χ1n) is 11.3. The van der Waals surface area contributed by atoms with Crippen LogP contribution in [0.25, 0.3) is 16.3 Å². The molecule has 0 radical (unpaired) electrons. The van der Waals surface area contributed by atoms with Gasteiger partial charge >= 0.3 is 5.97 Å². The molecule has 34 heavy (non-hydrogen) atoms. The van der Waals surface area contributed by atoms with Gasteiger partial charge in [0, 0.05) is 24.7 Å². The second-order valence-corrected chi connectivity index (χ2v) is 8.43. The smallest absolute Gasteiger partial charge is 0.337 e. The van der Waals surface area contributed by atoms with E-state index in [2.05, 4.69) is 10.7 Å². The molecule has 3 N–H and O–H groups in total. The maximum atomic E-state index is 12.7. The zero-order valence-corrected chi connectivity index (χ0v) is 19.0. The first kappa shape index (κ1) is 23.2. The van der Waals surface area contributed by atoms with Crippen molar-refractivity contribution in [3.8, 4) is 0 Å². The van der Waals surface area contributed by atoms with Crippen LogP contribution in [0.1, 0.15) is 52.5 Å². The highest BCUT2D eigenvalue weighted by Crippen LogP contribution is 2.22. The lowest BCUT2D eigenvalue weighted by Crippen LogP contribution is -2.45. The van der Waals surface area contributed by atoms with Crippen LogP contribution in [-0.2, 0) is 4.79 Å². The van der Waals surface area contributed by atoms with Gasteiger partial charge in [-0.1, -0.05) is 42.8 Å². The number of fused-ring (bicyclic) bond motifs is 1. The second-order valence-electron chi connectivity index (χ2n) is 8.43. The second kappa shape index (κ2) is 10.3. The maximum Gasteiger partial charge on any atom is 0.337 e. The maximum absolute atomic E-state index is 12.7. The van der Waals surface area contributed by atoms with Gasteiger partial charge in [-0.15, -0.1) is 0 Å². The van der Waals surface area contributed by atoms with Gasteiger partial charge in [0.05, 0.1) is 11.3 Å². The van der Waals surface area contributed by atoms with Crippen molar-refractivity contribution < 1.29 is 19.5 Å². The summed E-state index contributed by atoms with van der Waals surface area (Å²) in [6.07, 6.45) is 4.60. The number of piperidine rings is 1. The van der Waals surface area contributed by atoms with Crippen LogP contribution in [0, 0.1) is 0 Å². The fourth-order valence-electron chi connectivity index (χ4n) is 4.07. The van der Waals surface area contributed by atoms with Crippen molar-refractivity contribution in [3.05, 3.63) is 83.4 Å². The Morgan fingerprint density at radius 1 is 0.882 bits per heavy atom. The van der Waals surface area contributed by atoms with Gasteiger partial charge < -0.3 is 10.4 Å². The highest BCUT2D eigenvalue weighted by molar-refractivity contribution is 6.08. The molecular weight excluding hydrogens is 430 g/mol. The zero-order chi connectivity index (χ0) is 24.1. The summed E-state index contributed by atoms with van der Waals surface area (Å²) < 4.78 is 0. The minimum absolute atomic E-state index is 0.0753. The summed E-state index contributed by atoms with van der Waals surface area (Å²) in [5.74, 6) is -1.99. The number of carboxylic acids is 1. The summed E-state index contributed by atoms with van der Waals surface area (Å²) >= 11 is 0. The van der Waals surface area contributed by atoms with E-state index in [4.69, 9.17) is 0 Å². The number of carbonyl (C=O) groups is 3. The zero-order valence-electron chi connectivity index (χ0n) is 19.0. The number of allylic oxidation sites excluding steroid dienone is 1. The SMILES string of the molecule is CC(=CC(=O)Nc1cc(C(=O)NN2CCCCC2)ccc1C(=O)O)c1ccc2ccccc2c1. The number of nitrogens with zero attached hydrogens (tertiary/aromatic N) is 1. The van der Waals surface area contributed by atoms with Gasteiger partial charge in [0.2, 0.25) is 5.91 Å².